The van der Waals surface area contributed by atoms with Gasteiger partial charge in [-0.2, -0.15) is 4.99 Å². The maximum atomic E-state index is 13.9. The standard InChI is InChI=1S/C15H16ClFN2O3S2/c1-8(2)14(20)18-15-19(9-3-4-10(16)11(17)5-9)12-6-24(21,22)7-13(12)23-15/h3-5,8,12-13H,6-7H2,1-2H3/t12-,13+/m0/s1. The number of thioether (sulfide) groups is 1. The van der Waals surface area contributed by atoms with Gasteiger partial charge >= 0.3 is 0 Å². The number of carbonyl (C=O) groups excluding carboxylic acids is 1. The molecule has 0 unspecified atom stereocenters. The van der Waals surface area contributed by atoms with Gasteiger partial charge in [-0.25, -0.2) is 12.8 Å². The number of sulfone groups is 1. The van der Waals surface area contributed by atoms with Gasteiger partial charge in [-0.05, 0) is 18.2 Å². The van der Waals surface area contributed by atoms with E-state index in [1.54, 1.807) is 24.8 Å². The average Bonchev–Trinajstić information content (AvgIpc) is 2.93. The molecule has 2 aliphatic rings. The second-order valence-electron chi connectivity index (χ2n) is 6.16. The Morgan fingerprint density at radius 3 is 2.75 bits per heavy atom. The van der Waals surface area contributed by atoms with Gasteiger partial charge in [0.1, 0.15) is 5.82 Å². The molecule has 1 aromatic carbocycles. The Kier molecular flexibility index (Phi) is 4.65. The van der Waals surface area contributed by atoms with Gasteiger partial charge in [0.05, 0.1) is 22.6 Å². The number of halogens is 2. The molecular formula is C15H16ClFN2O3S2. The summed E-state index contributed by atoms with van der Waals surface area (Å²) >= 11 is 6.99. The van der Waals surface area contributed by atoms with Gasteiger partial charge in [0, 0.05) is 16.9 Å². The van der Waals surface area contributed by atoms with Crippen LogP contribution in [0.1, 0.15) is 13.8 Å². The molecule has 2 saturated heterocycles. The first-order valence-electron chi connectivity index (χ1n) is 7.42. The van der Waals surface area contributed by atoms with Crippen molar-refractivity contribution in [3.8, 4) is 0 Å². The molecule has 0 bridgehead atoms. The minimum absolute atomic E-state index is 0.0158. The van der Waals surface area contributed by atoms with Crippen LogP contribution in [0.3, 0.4) is 0 Å². The first-order chi connectivity index (χ1) is 11.2. The first-order valence-corrected chi connectivity index (χ1v) is 10.5. The van der Waals surface area contributed by atoms with Crippen molar-refractivity contribution in [2.75, 3.05) is 16.4 Å². The van der Waals surface area contributed by atoms with E-state index in [4.69, 9.17) is 11.6 Å². The first kappa shape index (κ1) is 17.7. The van der Waals surface area contributed by atoms with Crippen LogP contribution >= 0.6 is 23.4 Å². The Balaban J connectivity index is 2.04. The van der Waals surface area contributed by atoms with Crippen LogP contribution in [0, 0.1) is 11.7 Å². The van der Waals surface area contributed by atoms with E-state index in [1.807, 2.05) is 0 Å². The van der Waals surface area contributed by atoms with Gasteiger partial charge in [-0.3, -0.25) is 4.79 Å². The second-order valence-corrected chi connectivity index (χ2v) is 9.92. The number of carbonyl (C=O) groups is 1. The summed E-state index contributed by atoms with van der Waals surface area (Å²) in [4.78, 5) is 17.8. The number of rotatable bonds is 2. The van der Waals surface area contributed by atoms with Crippen LogP contribution in [-0.2, 0) is 14.6 Å². The molecule has 0 N–H and O–H groups in total. The highest BCUT2D eigenvalue weighted by atomic mass is 35.5. The predicted octanol–water partition coefficient (Wildman–Crippen LogP) is 2.74. The Labute approximate surface area is 149 Å². The summed E-state index contributed by atoms with van der Waals surface area (Å²) in [6, 6.07) is 3.90. The molecule has 1 aromatic rings. The highest BCUT2D eigenvalue weighted by Gasteiger charge is 2.49. The number of amides is 1. The third kappa shape index (κ3) is 3.32. The van der Waals surface area contributed by atoms with Crippen molar-refractivity contribution in [2.45, 2.75) is 25.1 Å². The summed E-state index contributed by atoms with van der Waals surface area (Å²) in [5, 5.41) is 0.186. The van der Waals surface area contributed by atoms with E-state index in [0.29, 0.717) is 10.9 Å². The summed E-state index contributed by atoms with van der Waals surface area (Å²) in [7, 11) is -3.16. The monoisotopic (exact) mass is 390 g/mol. The van der Waals surface area contributed by atoms with E-state index in [-0.39, 0.29) is 39.6 Å². The molecule has 9 heteroatoms. The minimum atomic E-state index is -3.16. The molecule has 2 fully saturated rings. The zero-order valence-corrected chi connectivity index (χ0v) is 15.5. The van der Waals surface area contributed by atoms with Gasteiger partial charge in [0.25, 0.3) is 5.91 Å². The molecule has 130 valence electrons. The highest BCUT2D eigenvalue weighted by molar-refractivity contribution is 8.16. The van der Waals surface area contributed by atoms with E-state index >= 15 is 0 Å². The van der Waals surface area contributed by atoms with Crippen LogP contribution in [0.15, 0.2) is 23.2 Å². The Bertz CT molecular complexity index is 826. The van der Waals surface area contributed by atoms with Gasteiger partial charge in [0.2, 0.25) is 0 Å². The highest BCUT2D eigenvalue weighted by Crippen LogP contribution is 2.41. The zero-order chi connectivity index (χ0) is 17.6. The maximum Gasteiger partial charge on any atom is 0.250 e. The van der Waals surface area contributed by atoms with Gasteiger partial charge in [-0.15, -0.1) is 0 Å². The second kappa shape index (κ2) is 6.31. The third-order valence-corrected chi connectivity index (χ3v) is 7.46. The number of hydrogen-bond acceptors (Lipinski definition) is 4. The van der Waals surface area contributed by atoms with Crippen molar-refractivity contribution in [2.24, 2.45) is 10.9 Å². The quantitative estimate of drug-likeness (QED) is 0.776. The molecule has 0 saturated carbocycles. The number of benzene rings is 1. The smallest absolute Gasteiger partial charge is 0.250 e. The largest absolute Gasteiger partial charge is 0.315 e. The minimum Gasteiger partial charge on any atom is -0.315 e. The number of hydrogen-bond donors (Lipinski definition) is 0. The lowest BCUT2D eigenvalue weighted by Crippen LogP contribution is -2.37. The SMILES string of the molecule is CC(C)C(=O)N=C1S[C@@H]2CS(=O)(=O)C[C@@H]2N1c1ccc(Cl)c(F)c1. The molecule has 24 heavy (non-hydrogen) atoms. The van der Waals surface area contributed by atoms with Crippen LogP contribution in [-0.4, -0.2) is 42.3 Å². The molecule has 1 amide bonds. The van der Waals surface area contributed by atoms with Crippen molar-refractivity contribution in [3.05, 3.63) is 29.0 Å². The lowest BCUT2D eigenvalue weighted by atomic mass is 10.2. The van der Waals surface area contributed by atoms with Crippen molar-refractivity contribution >= 4 is 50.0 Å². The topological polar surface area (TPSA) is 66.8 Å². The van der Waals surface area contributed by atoms with Crippen LogP contribution in [0.25, 0.3) is 0 Å². The van der Waals surface area contributed by atoms with E-state index in [0.717, 1.165) is 0 Å². The lowest BCUT2D eigenvalue weighted by molar-refractivity contribution is -0.120. The van der Waals surface area contributed by atoms with Gasteiger partial charge < -0.3 is 4.90 Å². The predicted molar refractivity (Wildman–Crippen MR) is 95.0 cm³/mol. The number of amidine groups is 1. The van der Waals surface area contributed by atoms with Crippen LogP contribution in [0.2, 0.25) is 5.02 Å². The normalized spacial score (nSPS) is 27.0. The Morgan fingerprint density at radius 2 is 2.12 bits per heavy atom. The summed E-state index contributed by atoms with van der Waals surface area (Å²) in [6.07, 6.45) is 0. The fourth-order valence-corrected chi connectivity index (χ4v) is 6.76. The summed E-state index contributed by atoms with van der Waals surface area (Å²) in [5.74, 6) is -1.17. The number of aliphatic imine (C=N–C) groups is 1. The van der Waals surface area contributed by atoms with E-state index < -0.39 is 15.7 Å². The number of nitrogens with zero attached hydrogens (tertiary/aromatic N) is 2. The van der Waals surface area contributed by atoms with Gasteiger partial charge in [-0.1, -0.05) is 37.2 Å². The van der Waals surface area contributed by atoms with Crippen LogP contribution in [0.4, 0.5) is 10.1 Å². The molecule has 0 spiro atoms. The summed E-state index contributed by atoms with van der Waals surface area (Å²) in [6.45, 7) is 3.48. The lowest BCUT2D eigenvalue weighted by Gasteiger charge is -2.24. The Hall–Kier alpha value is -1.12. The van der Waals surface area contributed by atoms with Crippen molar-refractivity contribution in [1.29, 1.82) is 0 Å². The van der Waals surface area contributed by atoms with Crippen LogP contribution in [0.5, 0.6) is 0 Å². The zero-order valence-electron chi connectivity index (χ0n) is 13.1. The molecule has 0 aromatic heterocycles. The molecule has 0 aliphatic carbocycles. The molecular weight excluding hydrogens is 375 g/mol. The summed E-state index contributed by atoms with van der Waals surface area (Å²) < 4.78 is 37.7. The van der Waals surface area contributed by atoms with Crippen LogP contribution < -0.4 is 4.90 Å². The van der Waals surface area contributed by atoms with E-state index in [9.17, 15) is 17.6 Å². The number of anilines is 1. The molecule has 2 aliphatic heterocycles. The summed E-state index contributed by atoms with van der Waals surface area (Å²) in [5.41, 5.74) is 0.448. The fourth-order valence-electron chi connectivity index (χ4n) is 2.72. The fraction of sp³-hybridized carbons (Fsp3) is 0.467. The van der Waals surface area contributed by atoms with Crippen molar-refractivity contribution < 1.29 is 17.6 Å². The maximum absolute atomic E-state index is 13.9. The molecule has 5 nitrogen and oxygen atoms in total. The molecule has 3 rings (SSSR count). The van der Waals surface area contributed by atoms with E-state index in [2.05, 4.69) is 4.99 Å². The molecule has 2 heterocycles. The van der Waals surface area contributed by atoms with Crippen molar-refractivity contribution in [1.82, 2.24) is 0 Å². The third-order valence-electron chi connectivity index (χ3n) is 3.95. The van der Waals surface area contributed by atoms with Crippen molar-refractivity contribution in [3.63, 3.8) is 0 Å². The van der Waals surface area contributed by atoms with E-state index in [1.165, 1.54) is 23.9 Å². The molecule has 0 radical (unpaired) electrons. The Morgan fingerprint density at radius 1 is 1.42 bits per heavy atom. The van der Waals surface area contributed by atoms with Gasteiger partial charge in [0.15, 0.2) is 15.0 Å². The molecule has 2 atom stereocenters. The number of fused-ring (bicyclic) bond motifs is 1. The average molecular weight is 391 g/mol.